The van der Waals surface area contributed by atoms with Crippen LogP contribution in [0.3, 0.4) is 0 Å². The first-order chi connectivity index (χ1) is 8.61. The molecule has 8 heteroatoms. The Kier molecular flexibility index (Phi) is 3.90. The van der Waals surface area contributed by atoms with Gasteiger partial charge in [-0.3, -0.25) is 15.0 Å². The molecule has 3 N–H and O–H groups in total. The molecule has 2 aromatic rings. The number of nitrogen functional groups attached to an aromatic ring is 1. The van der Waals surface area contributed by atoms with Crippen molar-refractivity contribution in [2.75, 3.05) is 0 Å². The lowest BCUT2D eigenvalue weighted by Crippen LogP contribution is -2.29. The van der Waals surface area contributed by atoms with E-state index in [1.165, 1.54) is 15.9 Å². The van der Waals surface area contributed by atoms with Crippen LogP contribution >= 0.6 is 27.3 Å². The Labute approximate surface area is 115 Å². The van der Waals surface area contributed by atoms with Gasteiger partial charge in [-0.25, -0.2) is 10.8 Å². The van der Waals surface area contributed by atoms with Crippen LogP contribution in [0.2, 0.25) is 0 Å². The summed E-state index contributed by atoms with van der Waals surface area (Å²) >= 11 is 4.35. The van der Waals surface area contributed by atoms with Crippen molar-refractivity contribution in [3.63, 3.8) is 0 Å². The highest BCUT2D eigenvalue weighted by molar-refractivity contribution is 9.10. The molecule has 0 bridgehead atoms. The van der Waals surface area contributed by atoms with Crippen LogP contribution in [0.25, 0.3) is 0 Å². The van der Waals surface area contributed by atoms with Crippen molar-refractivity contribution in [1.29, 1.82) is 0 Å². The van der Waals surface area contributed by atoms with Crippen LogP contribution in [0.1, 0.15) is 15.5 Å². The number of amides is 1. The summed E-state index contributed by atoms with van der Waals surface area (Å²) in [4.78, 5) is 27.1. The molecule has 1 amide bonds. The SMILES string of the molecule is NNC(=O)c1nc(Cn2cccc(Br)c2=O)cs1. The molecule has 2 rings (SSSR count). The summed E-state index contributed by atoms with van der Waals surface area (Å²) in [6, 6.07) is 3.43. The Morgan fingerprint density at radius 1 is 1.61 bits per heavy atom. The van der Waals surface area contributed by atoms with Crippen molar-refractivity contribution in [1.82, 2.24) is 15.0 Å². The number of aromatic nitrogens is 2. The number of nitrogens with zero attached hydrogens (tertiary/aromatic N) is 2. The van der Waals surface area contributed by atoms with Gasteiger partial charge in [0.25, 0.3) is 11.5 Å². The van der Waals surface area contributed by atoms with E-state index in [2.05, 4.69) is 20.9 Å². The minimum atomic E-state index is -0.437. The number of pyridine rings is 1. The molecule has 0 unspecified atom stereocenters. The van der Waals surface area contributed by atoms with Gasteiger partial charge in [-0.1, -0.05) is 0 Å². The fraction of sp³-hybridized carbons (Fsp3) is 0.100. The summed E-state index contributed by atoms with van der Waals surface area (Å²) in [5, 5.41) is 1.99. The molecule has 0 aliphatic rings. The van der Waals surface area contributed by atoms with Crippen molar-refractivity contribution < 1.29 is 4.79 Å². The molecule has 94 valence electrons. The fourth-order valence-electron chi connectivity index (χ4n) is 1.35. The maximum atomic E-state index is 11.8. The van der Waals surface area contributed by atoms with Gasteiger partial charge in [0.1, 0.15) is 0 Å². The number of carbonyl (C=O) groups is 1. The highest BCUT2D eigenvalue weighted by Crippen LogP contribution is 2.10. The van der Waals surface area contributed by atoms with Crippen molar-refractivity contribution in [3.8, 4) is 0 Å². The molecule has 0 saturated carbocycles. The highest BCUT2D eigenvalue weighted by Gasteiger charge is 2.10. The highest BCUT2D eigenvalue weighted by atomic mass is 79.9. The molecule has 0 aliphatic carbocycles. The van der Waals surface area contributed by atoms with Gasteiger partial charge in [0.2, 0.25) is 0 Å². The van der Waals surface area contributed by atoms with Crippen LogP contribution in [0.15, 0.2) is 33.0 Å². The second-order valence-corrected chi connectivity index (χ2v) is 5.12. The Balaban J connectivity index is 2.24. The smallest absolute Gasteiger partial charge is 0.294 e. The third kappa shape index (κ3) is 2.66. The summed E-state index contributed by atoms with van der Waals surface area (Å²) in [6.45, 7) is 0.312. The van der Waals surface area contributed by atoms with E-state index >= 15 is 0 Å². The minimum absolute atomic E-state index is 0.143. The summed E-state index contributed by atoms with van der Waals surface area (Å²) in [6.07, 6.45) is 1.66. The molecule has 0 spiro atoms. The fourth-order valence-corrected chi connectivity index (χ4v) is 2.44. The van der Waals surface area contributed by atoms with Gasteiger partial charge in [0.15, 0.2) is 5.01 Å². The van der Waals surface area contributed by atoms with Gasteiger partial charge < -0.3 is 4.57 Å². The monoisotopic (exact) mass is 328 g/mol. The number of nitrogens with one attached hydrogen (secondary N) is 1. The van der Waals surface area contributed by atoms with Crippen LogP contribution in [-0.2, 0) is 6.54 Å². The van der Waals surface area contributed by atoms with Crippen molar-refractivity contribution in [3.05, 3.63) is 49.2 Å². The lowest BCUT2D eigenvalue weighted by molar-refractivity contribution is 0.0953. The number of halogens is 1. The Morgan fingerprint density at radius 2 is 2.39 bits per heavy atom. The number of hydrogen-bond donors (Lipinski definition) is 2. The molecule has 0 atom stereocenters. The molecule has 0 fully saturated rings. The summed E-state index contributed by atoms with van der Waals surface area (Å²) < 4.78 is 1.99. The average Bonchev–Trinajstić information content (AvgIpc) is 2.82. The van der Waals surface area contributed by atoms with E-state index < -0.39 is 5.91 Å². The second-order valence-electron chi connectivity index (χ2n) is 3.41. The first-order valence-corrected chi connectivity index (χ1v) is 6.59. The first-order valence-electron chi connectivity index (χ1n) is 4.92. The number of hydrazine groups is 1. The largest absolute Gasteiger partial charge is 0.309 e. The van der Waals surface area contributed by atoms with Gasteiger partial charge in [-0.2, -0.15) is 0 Å². The molecule has 2 aromatic heterocycles. The molecule has 6 nitrogen and oxygen atoms in total. The van der Waals surface area contributed by atoms with E-state index in [-0.39, 0.29) is 10.6 Å². The maximum Gasteiger partial charge on any atom is 0.294 e. The number of nitrogens with two attached hydrogens (primary N) is 1. The third-order valence-electron chi connectivity index (χ3n) is 2.18. The lowest BCUT2D eigenvalue weighted by atomic mass is 10.4. The van der Waals surface area contributed by atoms with Crippen molar-refractivity contribution >= 4 is 33.2 Å². The number of thiazole rings is 1. The van der Waals surface area contributed by atoms with Crippen molar-refractivity contribution in [2.45, 2.75) is 6.54 Å². The lowest BCUT2D eigenvalue weighted by Gasteiger charge is -2.02. The van der Waals surface area contributed by atoms with E-state index in [0.717, 1.165) is 0 Å². The Morgan fingerprint density at radius 3 is 3.11 bits per heavy atom. The zero-order valence-electron chi connectivity index (χ0n) is 9.09. The number of carbonyl (C=O) groups excluding carboxylic acids is 1. The van der Waals surface area contributed by atoms with Gasteiger partial charge >= 0.3 is 0 Å². The summed E-state index contributed by atoms with van der Waals surface area (Å²) in [5.41, 5.74) is 2.51. The van der Waals surface area contributed by atoms with Crippen LogP contribution in [0.4, 0.5) is 0 Å². The first kappa shape index (κ1) is 12.9. The van der Waals surface area contributed by atoms with Gasteiger partial charge in [-0.05, 0) is 28.1 Å². The van der Waals surface area contributed by atoms with Crippen molar-refractivity contribution in [2.24, 2.45) is 5.84 Å². The summed E-state index contributed by atoms with van der Waals surface area (Å²) in [7, 11) is 0. The zero-order chi connectivity index (χ0) is 13.1. The normalized spacial score (nSPS) is 10.3. The van der Waals surface area contributed by atoms with Gasteiger partial charge in [0, 0.05) is 11.6 Å². The van der Waals surface area contributed by atoms with Crippen LogP contribution in [0.5, 0.6) is 0 Å². The van der Waals surface area contributed by atoms with E-state index in [9.17, 15) is 9.59 Å². The molecule has 0 saturated heterocycles. The predicted molar refractivity (Wildman–Crippen MR) is 71.3 cm³/mol. The minimum Gasteiger partial charge on any atom is -0.309 e. The molecule has 18 heavy (non-hydrogen) atoms. The second kappa shape index (κ2) is 5.42. The van der Waals surface area contributed by atoms with E-state index in [1.54, 1.807) is 23.7 Å². The molecule has 0 aromatic carbocycles. The third-order valence-corrected chi connectivity index (χ3v) is 3.68. The topological polar surface area (TPSA) is 90.0 Å². The molecular weight excluding hydrogens is 320 g/mol. The van der Waals surface area contributed by atoms with Gasteiger partial charge in [-0.15, -0.1) is 11.3 Å². The van der Waals surface area contributed by atoms with E-state index in [0.29, 0.717) is 16.7 Å². The quantitative estimate of drug-likeness (QED) is 0.493. The van der Waals surface area contributed by atoms with E-state index in [1.807, 2.05) is 5.43 Å². The van der Waals surface area contributed by atoms with Crippen LogP contribution < -0.4 is 16.8 Å². The maximum absolute atomic E-state index is 11.8. The summed E-state index contributed by atoms with van der Waals surface area (Å²) in [5.74, 6) is 4.58. The average molecular weight is 329 g/mol. The van der Waals surface area contributed by atoms with Gasteiger partial charge in [0.05, 0.1) is 16.7 Å². The Bertz CT molecular complexity index is 637. The Hall–Kier alpha value is -1.51. The predicted octanol–water partition coefficient (Wildman–Crippen LogP) is 0.719. The molecule has 0 radical (unpaired) electrons. The van der Waals surface area contributed by atoms with E-state index in [4.69, 9.17) is 5.84 Å². The van der Waals surface area contributed by atoms with Crippen LogP contribution in [0, 0.1) is 0 Å². The zero-order valence-corrected chi connectivity index (χ0v) is 11.5. The van der Waals surface area contributed by atoms with Crippen LogP contribution in [-0.4, -0.2) is 15.5 Å². The number of rotatable bonds is 3. The standard InChI is InChI=1S/C10H9BrN4O2S/c11-7-2-1-3-15(10(7)17)4-6-5-18-9(13-6)8(16)14-12/h1-3,5H,4,12H2,(H,14,16). The number of hydrogen-bond acceptors (Lipinski definition) is 5. The molecule has 2 heterocycles. The molecule has 0 aliphatic heterocycles. The molecular formula is C10H9BrN4O2S.